The molecule has 2 aromatic rings. The standard InChI is InChI=1S/C14H18N4O2S2/c1-7-8(2)17-18-14-10(7)11(15)12(21-14)13(19)16-9-4-5-22(3,20)6-9/h9H,3-6,15H2,1-2H3,(H,16,19). The lowest BCUT2D eigenvalue weighted by Crippen LogP contribution is -2.35. The van der Waals surface area contributed by atoms with Gasteiger partial charge in [0.05, 0.1) is 11.4 Å². The predicted octanol–water partition coefficient (Wildman–Crippen LogP) is 1.11. The quantitative estimate of drug-likeness (QED) is 0.799. The van der Waals surface area contributed by atoms with Crippen LogP contribution in [0.2, 0.25) is 0 Å². The van der Waals surface area contributed by atoms with Crippen LogP contribution >= 0.6 is 11.3 Å². The molecule has 8 heteroatoms. The minimum Gasteiger partial charge on any atom is -0.397 e. The molecule has 0 saturated carbocycles. The van der Waals surface area contributed by atoms with Crippen LogP contribution in [0, 0.1) is 13.8 Å². The van der Waals surface area contributed by atoms with Crippen LogP contribution in [-0.4, -0.2) is 43.7 Å². The SMILES string of the molecule is C=S1(=O)CCC(NC(=O)c2sc3nnc(C)c(C)c3c2N)C1. The molecule has 0 bridgehead atoms. The fourth-order valence-corrected chi connectivity index (χ4v) is 5.53. The largest absolute Gasteiger partial charge is 0.397 e. The average Bonchev–Trinajstić information content (AvgIpc) is 2.95. The van der Waals surface area contributed by atoms with E-state index in [2.05, 4.69) is 21.4 Å². The normalized spacial score (nSPS) is 24.7. The number of aromatic nitrogens is 2. The molecule has 2 aromatic heterocycles. The number of carbonyl (C=O) groups excluding carboxylic acids is 1. The van der Waals surface area contributed by atoms with E-state index >= 15 is 0 Å². The Kier molecular flexibility index (Phi) is 3.60. The Labute approximate surface area is 133 Å². The molecule has 1 amide bonds. The van der Waals surface area contributed by atoms with Crippen molar-refractivity contribution >= 4 is 48.5 Å². The molecule has 3 heterocycles. The van der Waals surface area contributed by atoms with Gasteiger partial charge in [-0.2, -0.15) is 5.10 Å². The van der Waals surface area contributed by atoms with E-state index in [9.17, 15) is 9.00 Å². The second-order valence-corrected chi connectivity index (χ2v) is 9.40. The van der Waals surface area contributed by atoms with Crippen molar-refractivity contribution in [2.24, 2.45) is 0 Å². The van der Waals surface area contributed by atoms with Gasteiger partial charge in [-0.25, -0.2) is 0 Å². The molecule has 3 N–H and O–H groups in total. The van der Waals surface area contributed by atoms with Crippen LogP contribution in [0.1, 0.15) is 27.3 Å². The number of amides is 1. The van der Waals surface area contributed by atoms with E-state index in [1.54, 1.807) is 0 Å². The fourth-order valence-electron chi connectivity index (χ4n) is 2.66. The van der Waals surface area contributed by atoms with Crippen molar-refractivity contribution < 1.29 is 9.00 Å². The summed E-state index contributed by atoms with van der Waals surface area (Å²) in [5.74, 6) is 4.46. The lowest BCUT2D eigenvalue weighted by atomic mass is 10.1. The molecule has 1 aliphatic heterocycles. The molecule has 0 aromatic carbocycles. The summed E-state index contributed by atoms with van der Waals surface area (Å²) < 4.78 is 11.9. The summed E-state index contributed by atoms with van der Waals surface area (Å²) in [6.45, 7) is 3.79. The molecule has 2 unspecified atom stereocenters. The molecule has 0 radical (unpaired) electrons. The lowest BCUT2D eigenvalue weighted by molar-refractivity contribution is 0.0946. The summed E-state index contributed by atoms with van der Waals surface area (Å²) in [5, 5.41) is 11.9. The van der Waals surface area contributed by atoms with Crippen molar-refractivity contribution in [2.45, 2.75) is 26.3 Å². The Hall–Kier alpha value is -1.67. The van der Waals surface area contributed by atoms with Crippen LogP contribution in [0.15, 0.2) is 0 Å². The molecular formula is C14H18N4O2S2. The zero-order valence-corrected chi connectivity index (χ0v) is 14.1. The highest BCUT2D eigenvalue weighted by Crippen LogP contribution is 2.34. The molecule has 0 spiro atoms. The first-order valence-electron chi connectivity index (χ1n) is 6.94. The van der Waals surface area contributed by atoms with Crippen molar-refractivity contribution in [3.05, 3.63) is 16.1 Å². The Morgan fingerprint density at radius 3 is 2.82 bits per heavy atom. The van der Waals surface area contributed by atoms with Gasteiger partial charge in [0, 0.05) is 22.9 Å². The van der Waals surface area contributed by atoms with Crippen molar-refractivity contribution in [2.75, 3.05) is 17.2 Å². The summed E-state index contributed by atoms with van der Waals surface area (Å²) in [6, 6.07) is -0.101. The first-order chi connectivity index (χ1) is 10.3. The van der Waals surface area contributed by atoms with E-state index in [0.717, 1.165) is 16.6 Å². The monoisotopic (exact) mass is 338 g/mol. The van der Waals surface area contributed by atoms with Gasteiger partial charge in [0.15, 0.2) is 0 Å². The van der Waals surface area contributed by atoms with Crippen molar-refractivity contribution in [3.8, 4) is 0 Å². The van der Waals surface area contributed by atoms with Crippen LogP contribution in [0.4, 0.5) is 5.69 Å². The molecule has 1 aliphatic rings. The number of nitrogen functional groups attached to an aromatic ring is 1. The van der Waals surface area contributed by atoms with E-state index in [0.29, 0.717) is 33.3 Å². The zero-order chi connectivity index (χ0) is 16.1. The molecule has 3 rings (SSSR count). The molecule has 22 heavy (non-hydrogen) atoms. The van der Waals surface area contributed by atoms with Crippen LogP contribution in [0.3, 0.4) is 0 Å². The minimum atomic E-state index is -2.04. The Morgan fingerprint density at radius 1 is 1.45 bits per heavy atom. The average molecular weight is 338 g/mol. The Bertz CT molecular complexity index is 871. The zero-order valence-electron chi connectivity index (χ0n) is 12.5. The van der Waals surface area contributed by atoms with Gasteiger partial charge in [0.25, 0.3) is 5.91 Å². The smallest absolute Gasteiger partial charge is 0.263 e. The molecule has 1 saturated heterocycles. The number of nitrogens with zero attached hydrogens (tertiary/aromatic N) is 2. The van der Waals surface area contributed by atoms with Gasteiger partial charge in [-0.05, 0) is 41.2 Å². The maximum Gasteiger partial charge on any atom is 0.263 e. The third kappa shape index (κ3) is 2.56. The molecule has 6 nitrogen and oxygen atoms in total. The Balaban J connectivity index is 1.92. The number of anilines is 1. The molecule has 1 fully saturated rings. The lowest BCUT2D eigenvalue weighted by Gasteiger charge is -2.10. The van der Waals surface area contributed by atoms with Crippen LogP contribution in [-0.2, 0) is 9.52 Å². The summed E-state index contributed by atoms with van der Waals surface area (Å²) in [4.78, 5) is 13.6. The second kappa shape index (κ2) is 5.20. The number of nitrogens with one attached hydrogen (secondary N) is 1. The van der Waals surface area contributed by atoms with Crippen LogP contribution in [0.25, 0.3) is 10.2 Å². The summed E-state index contributed by atoms with van der Waals surface area (Å²) >= 11 is 1.24. The number of rotatable bonds is 2. The third-order valence-electron chi connectivity index (χ3n) is 4.02. The molecule has 2 atom stereocenters. The van der Waals surface area contributed by atoms with Crippen molar-refractivity contribution in [1.29, 1.82) is 0 Å². The number of nitrogens with two attached hydrogens (primary N) is 1. The van der Waals surface area contributed by atoms with Crippen molar-refractivity contribution in [1.82, 2.24) is 15.5 Å². The highest BCUT2D eigenvalue weighted by Gasteiger charge is 2.27. The number of hydrogen-bond donors (Lipinski definition) is 2. The van der Waals surface area contributed by atoms with Crippen LogP contribution in [0.5, 0.6) is 0 Å². The number of aryl methyl sites for hydroxylation is 2. The topological polar surface area (TPSA) is 98.0 Å². The number of thiophene rings is 1. The number of carbonyl (C=O) groups is 1. The minimum absolute atomic E-state index is 0.101. The predicted molar refractivity (Wildman–Crippen MR) is 92.2 cm³/mol. The highest BCUT2D eigenvalue weighted by atomic mass is 32.2. The fraction of sp³-hybridized carbons (Fsp3) is 0.429. The maximum atomic E-state index is 12.5. The summed E-state index contributed by atoms with van der Waals surface area (Å²) in [6.07, 6.45) is 0.691. The third-order valence-corrected chi connectivity index (χ3v) is 7.10. The van der Waals surface area contributed by atoms with Gasteiger partial charge < -0.3 is 11.1 Å². The van der Waals surface area contributed by atoms with Crippen LogP contribution < -0.4 is 11.1 Å². The van der Waals surface area contributed by atoms with E-state index in [4.69, 9.17) is 5.73 Å². The first-order valence-corrected chi connectivity index (χ1v) is 9.82. The van der Waals surface area contributed by atoms with E-state index in [1.165, 1.54) is 11.3 Å². The van der Waals surface area contributed by atoms with Gasteiger partial charge in [-0.3, -0.25) is 9.00 Å². The molecule has 118 valence electrons. The van der Waals surface area contributed by atoms with E-state index in [1.807, 2.05) is 13.8 Å². The van der Waals surface area contributed by atoms with Gasteiger partial charge in [0.1, 0.15) is 9.71 Å². The first kappa shape index (κ1) is 15.2. The van der Waals surface area contributed by atoms with Gasteiger partial charge in [0.2, 0.25) is 0 Å². The highest BCUT2D eigenvalue weighted by molar-refractivity contribution is 8.00. The summed E-state index contributed by atoms with van der Waals surface area (Å²) in [5.41, 5.74) is 8.34. The number of hydrogen-bond acceptors (Lipinski definition) is 6. The summed E-state index contributed by atoms with van der Waals surface area (Å²) in [7, 11) is -2.04. The van der Waals surface area contributed by atoms with Gasteiger partial charge >= 0.3 is 0 Å². The van der Waals surface area contributed by atoms with Crippen molar-refractivity contribution in [3.63, 3.8) is 0 Å². The van der Waals surface area contributed by atoms with Gasteiger partial charge in [-0.1, -0.05) is 0 Å². The van der Waals surface area contributed by atoms with E-state index in [-0.39, 0.29) is 11.9 Å². The van der Waals surface area contributed by atoms with E-state index < -0.39 is 9.52 Å². The van der Waals surface area contributed by atoms with Gasteiger partial charge in [-0.15, -0.1) is 16.4 Å². The second-order valence-electron chi connectivity index (χ2n) is 5.73. The number of fused-ring (bicyclic) bond motifs is 1. The molecular weight excluding hydrogens is 320 g/mol. The maximum absolute atomic E-state index is 12.5. The molecule has 0 aliphatic carbocycles. The Morgan fingerprint density at radius 2 is 2.18 bits per heavy atom.